The van der Waals surface area contributed by atoms with Crippen molar-refractivity contribution in [3.05, 3.63) is 68.7 Å². The Hall–Kier alpha value is -1.45. The van der Waals surface area contributed by atoms with Crippen LogP contribution in [0.3, 0.4) is 0 Å². The van der Waals surface area contributed by atoms with E-state index in [1.54, 1.807) is 30.6 Å². The summed E-state index contributed by atoms with van der Waals surface area (Å²) < 4.78 is 0.374. The molecule has 0 fully saturated rings. The molecule has 0 saturated heterocycles. The summed E-state index contributed by atoms with van der Waals surface area (Å²) >= 11 is 9.24. The second-order valence-electron chi connectivity index (χ2n) is 3.58. The molecule has 0 atom stereocenters. The number of rotatable bonds is 3. The highest BCUT2D eigenvalue weighted by Gasteiger charge is 2.18. The number of benzene rings is 2. The van der Waals surface area contributed by atoms with Crippen molar-refractivity contribution in [2.24, 2.45) is 0 Å². The molecule has 2 aromatic rings. The monoisotopic (exact) mass is 321 g/mol. The van der Waals surface area contributed by atoms with Crippen LogP contribution in [0.15, 0.2) is 46.9 Å². The minimum atomic E-state index is -0.232. The van der Waals surface area contributed by atoms with Gasteiger partial charge in [0.15, 0.2) is 5.78 Å². The molecule has 0 aliphatic rings. The standard InChI is InChI=1S/C14H7BrClO2/c15-13-10(8-17)6-7-11(16)12(13)14(18)9-4-2-1-3-5-9/h1-7H. The van der Waals surface area contributed by atoms with Crippen molar-refractivity contribution in [2.45, 2.75) is 0 Å². The van der Waals surface area contributed by atoms with Gasteiger partial charge in [-0.3, -0.25) is 9.59 Å². The van der Waals surface area contributed by atoms with Crippen LogP contribution in [-0.2, 0) is 4.79 Å². The molecule has 0 aliphatic heterocycles. The van der Waals surface area contributed by atoms with Crippen molar-refractivity contribution in [3.8, 4) is 0 Å². The van der Waals surface area contributed by atoms with Gasteiger partial charge in [0.2, 0.25) is 6.29 Å². The van der Waals surface area contributed by atoms with Gasteiger partial charge in [0.1, 0.15) is 0 Å². The Morgan fingerprint density at radius 3 is 2.39 bits per heavy atom. The van der Waals surface area contributed by atoms with E-state index in [0.29, 0.717) is 15.1 Å². The summed E-state index contributed by atoms with van der Waals surface area (Å²) in [7, 11) is 0. The van der Waals surface area contributed by atoms with Crippen LogP contribution in [0, 0.1) is 0 Å². The maximum absolute atomic E-state index is 12.3. The summed E-state index contributed by atoms with van der Waals surface area (Å²) in [4.78, 5) is 23.1. The number of carbonyl (C=O) groups is 1. The van der Waals surface area contributed by atoms with Gasteiger partial charge in [-0.05, 0) is 28.1 Å². The molecule has 0 saturated carbocycles. The van der Waals surface area contributed by atoms with E-state index in [1.165, 1.54) is 12.1 Å². The highest BCUT2D eigenvalue weighted by atomic mass is 79.9. The third kappa shape index (κ3) is 2.37. The molecule has 2 aromatic carbocycles. The largest absolute Gasteiger partial charge is 0.289 e. The van der Waals surface area contributed by atoms with Crippen molar-refractivity contribution in [1.82, 2.24) is 0 Å². The molecule has 4 heteroatoms. The van der Waals surface area contributed by atoms with Gasteiger partial charge in [0.05, 0.1) is 10.6 Å². The Bertz CT molecular complexity index is 609. The number of hydrogen-bond donors (Lipinski definition) is 0. The molecule has 0 heterocycles. The van der Waals surface area contributed by atoms with Crippen molar-refractivity contribution in [3.63, 3.8) is 0 Å². The van der Waals surface area contributed by atoms with E-state index in [4.69, 9.17) is 11.6 Å². The van der Waals surface area contributed by atoms with Crippen LogP contribution in [-0.4, -0.2) is 12.1 Å². The second-order valence-corrected chi connectivity index (χ2v) is 4.78. The van der Waals surface area contributed by atoms with E-state index in [2.05, 4.69) is 15.9 Å². The Labute approximate surface area is 118 Å². The zero-order valence-electron chi connectivity index (χ0n) is 9.11. The maximum Gasteiger partial charge on any atom is 0.234 e. The zero-order chi connectivity index (χ0) is 13.1. The Morgan fingerprint density at radius 2 is 1.78 bits per heavy atom. The molecule has 0 unspecified atom stereocenters. The molecule has 89 valence electrons. The number of carbonyl (C=O) groups excluding carboxylic acids is 2. The Morgan fingerprint density at radius 1 is 1.11 bits per heavy atom. The maximum atomic E-state index is 12.3. The van der Waals surface area contributed by atoms with Crippen LogP contribution in [0.2, 0.25) is 5.02 Å². The molecule has 0 aliphatic carbocycles. The van der Waals surface area contributed by atoms with Crippen molar-refractivity contribution in [2.75, 3.05) is 0 Å². The molecule has 2 nitrogen and oxygen atoms in total. The molecule has 18 heavy (non-hydrogen) atoms. The third-order valence-electron chi connectivity index (χ3n) is 2.46. The lowest BCUT2D eigenvalue weighted by molar-refractivity contribution is 0.103. The lowest BCUT2D eigenvalue weighted by atomic mass is 10.0. The lowest BCUT2D eigenvalue weighted by Crippen LogP contribution is -2.04. The smallest absolute Gasteiger partial charge is 0.234 e. The van der Waals surface area contributed by atoms with Crippen LogP contribution < -0.4 is 0 Å². The number of halogens is 2. The van der Waals surface area contributed by atoms with Crippen molar-refractivity contribution < 1.29 is 9.59 Å². The summed E-state index contributed by atoms with van der Waals surface area (Å²) in [6.45, 7) is 0. The molecule has 1 radical (unpaired) electrons. The summed E-state index contributed by atoms with van der Waals surface area (Å²) in [5.74, 6) is -0.232. The highest BCUT2D eigenvalue weighted by molar-refractivity contribution is 9.10. The van der Waals surface area contributed by atoms with Gasteiger partial charge in [-0.25, -0.2) is 0 Å². The predicted molar refractivity (Wildman–Crippen MR) is 73.8 cm³/mol. The van der Waals surface area contributed by atoms with E-state index >= 15 is 0 Å². The van der Waals surface area contributed by atoms with E-state index in [0.717, 1.165) is 0 Å². The molecule has 0 spiro atoms. The van der Waals surface area contributed by atoms with E-state index in [1.807, 2.05) is 6.07 Å². The van der Waals surface area contributed by atoms with Crippen molar-refractivity contribution >= 4 is 39.6 Å². The summed E-state index contributed by atoms with van der Waals surface area (Å²) in [6.07, 6.45) is 1.76. The van der Waals surface area contributed by atoms with Crippen LogP contribution in [0.25, 0.3) is 0 Å². The molecular weight excluding hydrogens is 316 g/mol. The van der Waals surface area contributed by atoms with Gasteiger partial charge >= 0.3 is 0 Å². The van der Waals surface area contributed by atoms with E-state index in [9.17, 15) is 9.59 Å². The Balaban J connectivity index is 2.58. The van der Waals surface area contributed by atoms with Crippen LogP contribution in [0.1, 0.15) is 21.5 Å². The van der Waals surface area contributed by atoms with Crippen LogP contribution >= 0.6 is 27.5 Å². The second kappa shape index (κ2) is 5.46. The fourth-order valence-corrected chi connectivity index (χ4v) is 2.54. The summed E-state index contributed by atoms with van der Waals surface area (Å²) in [5.41, 5.74) is 1.07. The van der Waals surface area contributed by atoms with Crippen molar-refractivity contribution in [1.29, 1.82) is 0 Å². The van der Waals surface area contributed by atoms with Crippen LogP contribution in [0.4, 0.5) is 0 Å². The first-order valence-corrected chi connectivity index (χ1v) is 6.28. The minimum Gasteiger partial charge on any atom is -0.289 e. The van der Waals surface area contributed by atoms with Gasteiger partial charge in [-0.2, -0.15) is 0 Å². The fourth-order valence-electron chi connectivity index (χ4n) is 1.57. The van der Waals surface area contributed by atoms with E-state index in [-0.39, 0.29) is 16.9 Å². The molecule has 0 N–H and O–H groups in total. The summed E-state index contributed by atoms with van der Waals surface area (Å²) in [5, 5.41) is 0.301. The zero-order valence-corrected chi connectivity index (χ0v) is 11.5. The van der Waals surface area contributed by atoms with Gasteiger partial charge < -0.3 is 0 Å². The highest BCUT2D eigenvalue weighted by Crippen LogP contribution is 2.29. The molecule has 2 rings (SSSR count). The number of ketones is 1. The normalized spacial score (nSPS) is 10.1. The first-order valence-electron chi connectivity index (χ1n) is 5.11. The van der Waals surface area contributed by atoms with Crippen LogP contribution in [0.5, 0.6) is 0 Å². The average molecular weight is 323 g/mol. The summed E-state index contributed by atoms with van der Waals surface area (Å²) in [6, 6.07) is 11.8. The molecule has 0 bridgehead atoms. The molecular formula is C14H7BrClO2. The first-order chi connectivity index (χ1) is 8.65. The lowest BCUT2D eigenvalue weighted by Gasteiger charge is -2.07. The number of hydrogen-bond acceptors (Lipinski definition) is 2. The topological polar surface area (TPSA) is 34.1 Å². The third-order valence-corrected chi connectivity index (χ3v) is 3.60. The fraction of sp³-hybridized carbons (Fsp3) is 0. The van der Waals surface area contributed by atoms with Gasteiger partial charge in [-0.1, -0.05) is 41.9 Å². The predicted octanol–water partition coefficient (Wildman–Crippen LogP) is 3.79. The van der Waals surface area contributed by atoms with Gasteiger partial charge in [-0.15, -0.1) is 0 Å². The molecule has 0 aromatic heterocycles. The first kappa shape index (κ1) is 13.0. The van der Waals surface area contributed by atoms with Gasteiger partial charge in [0.25, 0.3) is 0 Å². The molecule has 0 amide bonds. The Kier molecular flexibility index (Phi) is 3.94. The van der Waals surface area contributed by atoms with E-state index < -0.39 is 0 Å². The van der Waals surface area contributed by atoms with Gasteiger partial charge in [0, 0.05) is 15.6 Å². The SMILES string of the molecule is O=[C]c1ccc(Cl)c(C(=O)c2ccccc2)c1Br. The quantitative estimate of drug-likeness (QED) is 0.806. The average Bonchev–Trinajstić information content (AvgIpc) is 2.40. The minimum absolute atomic E-state index is 0.232.